The Balaban J connectivity index is 2.13. The third-order valence-electron chi connectivity index (χ3n) is 2.82. The molecule has 0 unspecified atom stereocenters. The Bertz CT molecular complexity index is 647. The Labute approximate surface area is 120 Å². The van der Waals surface area contributed by atoms with Gasteiger partial charge in [0.15, 0.2) is 23.1 Å². The van der Waals surface area contributed by atoms with E-state index >= 15 is 0 Å². The lowest BCUT2D eigenvalue weighted by atomic mass is 10.2. The van der Waals surface area contributed by atoms with Crippen LogP contribution in [0.1, 0.15) is 12.5 Å². The van der Waals surface area contributed by atoms with Crippen molar-refractivity contribution in [3.05, 3.63) is 53.3 Å². The molecule has 6 heteroatoms. The smallest absolute Gasteiger partial charge is 0.161 e. The molecule has 2 aromatic rings. The monoisotopic (exact) mass is 297 g/mol. The van der Waals surface area contributed by atoms with E-state index in [9.17, 15) is 18.3 Å². The number of hydrogen-bond donors (Lipinski definition) is 2. The molecule has 3 nitrogen and oxygen atoms in total. The number of hydrogen-bond acceptors (Lipinski definition) is 3. The minimum atomic E-state index is -1.23. The summed E-state index contributed by atoms with van der Waals surface area (Å²) in [5.74, 6) is -2.93. The van der Waals surface area contributed by atoms with Crippen LogP contribution < -0.4 is 10.1 Å². The molecule has 0 amide bonds. The summed E-state index contributed by atoms with van der Waals surface area (Å²) in [5, 5.41) is 12.2. The molecule has 0 saturated heterocycles. The van der Waals surface area contributed by atoms with Crippen LogP contribution in [-0.2, 0) is 6.54 Å². The van der Waals surface area contributed by atoms with Gasteiger partial charge in [-0.05, 0) is 24.6 Å². The second kappa shape index (κ2) is 6.39. The van der Waals surface area contributed by atoms with Gasteiger partial charge in [0.25, 0.3) is 0 Å². The Morgan fingerprint density at radius 3 is 2.48 bits per heavy atom. The second-order valence-corrected chi connectivity index (χ2v) is 4.33. The van der Waals surface area contributed by atoms with Crippen LogP contribution in [-0.4, -0.2) is 11.7 Å². The van der Waals surface area contributed by atoms with Crippen molar-refractivity contribution in [3.8, 4) is 11.5 Å². The molecule has 0 aromatic heterocycles. The van der Waals surface area contributed by atoms with E-state index in [4.69, 9.17) is 4.74 Å². The molecule has 0 heterocycles. The van der Waals surface area contributed by atoms with Gasteiger partial charge in [-0.25, -0.2) is 13.2 Å². The molecule has 0 aliphatic heterocycles. The molecule has 0 atom stereocenters. The SMILES string of the molecule is CCOc1cc(CNc2cc(F)c(F)cc2F)ccc1O. The summed E-state index contributed by atoms with van der Waals surface area (Å²) >= 11 is 0. The van der Waals surface area contributed by atoms with Crippen molar-refractivity contribution in [1.29, 1.82) is 0 Å². The van der Waals surface area contributed by atoms with E-state index in [2.05, 4.69) is 5.32 Å². The van der Waals surface area contributed by atoms with Crippen molar-refractivity contribution in [2.45, 2.75) is 13.5 Å². The summed E-state index contributed by atoms with van der Waals surface area (Å²) in [6.07, 6.45) is 0. The summed E-state index contributed by atoms with van der Waals surface area (Å²) in [4.78, 5) is 0. The van der Waals surface area contributed by atoms with E-state index in [1.165, 1.54) is 6.07 Å². The molecule has 2 N–H and O–H groups in total. The van der Waals surface area contributed by atoms with E-state index in [0.717, 1.165) is 6.07 Å². The van der Waals surface area contributed by atoms with Crippen LogP contribution in [0.15, 0.2) is 30.3 Å². The number of rotatable bonds is 5. The van der Waals surface area contributed by atoms with Crippen LogP contribution in [0.4, 0.5) is 18.9 Å². The second-order valence-electron chi connectivity index (χ2n) is 4.33. The zero-order chi connectivity index (χ0) is 15.4. The normalized spacial score (nSPS) is 10.5. The molecule has 0 aliphatic rings. The Kier molecular flexibility index (Phi) is 4.57. The Morgan fingerprint density at radius 2 is 1.76 bits per heavy atom. The summed E-state index contributed by atoms with van der Waals surface area (Å²) < 4.78 is 44.6. The van der Waals surface area contributed by atoms with Crippen LogP contribution in [0.25, 0.3) is 0 Å². The molecule has 0 fully saturated rings. The Hall–Kier alpha value is -2.37. The third-order valence-corrected chi connectivity index (χ3v) is 2.82. The van der Waals surface area contributed by atoms with E-state index in [1.54, 1.807) is 19.1 Å². The maximum atomic E-state index is 13.5. The molecule has 21 heavy (non-hydrogen) atoms. The van der Waals surface area contributed by atoms with Gasteiger partial charge in [-0.1, -0.05) is 6.07 Å². The zero-order valence-corrected chi connectivity index (χ0v) is 11.3. The molecule has 0 saturated carbocycles. The van der Waals surface area contributed by atoms with Gasteiger partial charge in [0.2, 0.25) is 0 Å². The van der Waals surface area contributed by atoms with Gasteiger partial charge in [0.05, 0.1) is 12.3 Å². The first-order valence-corrected chi connectivity index (χ1v) is 6.34. The van der Waals surface area contributed by atoms with Crippen molar-refractivity contribution in [2.75, 3.05) is 11.9 Å². The number of aromatic hydroxyl groups is 1. The largest absolute Gasteiger partial charge is 0.504 e. The van der Waals surface area contributed by atoms with E-state index in [1.807, 2.05) is 0 Å². The van der Waals surface area contributed by atoms with Crippen LogP contribution in [0.2, 0.25) is 0 Å². The fourth-order valence-electron chi connectivity index (χ4n) is 1.79. The quantitative estimate of drug-likeness (QED) is 0.824. The minimum absolute atomic E-state index is 0.000364. The first-order valence-electron chi connectivity index (χ1n) is 6.34. The van der Waals surface area contributed by atoms with Crippen LogP contribution in [0, 0.1) is 17.5 Å². The lowest BCUT2D eigenvalue weighted by molar-refractivity contribution is 0.318. The predicted molar refractivity (Wildman–Crippen MR) is 72.9 cm³/mol. The highest BCUT2D eigenvalue weighted by atomic mass is 19.2. The highest BCUT2D eigenvalue weighted by Gasteiger charge is 2.10. The molecule has 0 aliphatic carbocycles. The predicted octanol–water partition coefficient (Wildman–Crippen LogP) is 3.82. The topological polar surface area (TPSA) is 41.5 Å². The van der Waals surface area contributed by atoms with Gasteiger partial charge in [-0.3, -0.25) is 0 Å². The molecule has 2 aromatic carbocycles. The first kappa shape index (κ1) is 15.0. The Morgan fingerprint density at radius 1 is 1.05 bits per heavy atom. The van der Waals surface area contributed by atoms with Crippen molar-refractivity contribution in [2.24, 2.45) is 0 Å². The molecule has 0 radical (unpaired) electrons. The first-order chi connectivity index (χ1) is 10.0. The molecule has 112 valence electrons. The average Bonchev–Trinajstić information content (AvgIpc) is 2.45. The molecular formula is C15H14F3NO2. The number of phenolic OH excluding ortho intramolecular Hbond substituents is 1. The number of benzene rings is 2. The summed E-state index contributed by atoms with van der Waals surface area (Å²) in [6, 6.07) is 5.89. The van der Waals surface area contributed by atoms with Crippen LogP contribution in [0.5, 0.6) is 11.5 Å². The highest BCUT2D eigenvalue weighted by molar-refractivity contribution is 5.47. The van der Waals surface area contributed by atoms with Crippen molar-refractivity contribution in [3.63, 3.8) is 0 Å². The summed E-state index contributed by atoms with van der Waals surface area (Å²) in [6.45, 7) is 2.34. The van der Waals surface area contributed by atoms with Crippen LogP contribution >= 0.6 is 0 Å². The molecule has 0 spiro atoms. The van der Waals surface area contributed by atoms with Crippen molar-refractivity contribution in [1.82, 2.24) is 0 Å². The van der Waals surface area contributed by atoms with E-state index < -0.39 is 17.5 Å². The molecule has 0 bridgehead atoms. The van der Waals surface area contributed by atoms with Crippen molar-refractivity contribution < 1.29 is 23.0 Å². The molecular weight excluding hydrogens is 283 g/mol. The fraction of sp³-hybridized carbons (Fsp3) is 0.200. The maximum Gasteiger partial charge on any atom is 0.161 e. The maximum absolute atomic E-state index is 13.5. The summed E-state index contributed by atoms with van der Waals surface area (Å²) in [7, 11) is 0. The van der Waals surface area contributed by atoms with Crippen LogP contribution in [0.3, 0.4) is 0 Å². The third kappa shape index (κ3) is 3.59. The zero-order valence-electron chi connectivity index (χ0n) is 11.3. The lowest BCUT2D eigenvalue weighted by Gasteiger charge is -2.11. The number of ether oxygens (including phenoxy) is 1. The number of halogens is 3. The average molecular weight is 297 g/mol. The highest BCUT2D eigenvalue weighted by Crippen LogP contribution is 2.27. The molecule has 2 rings (SSSR count). The lowest BCUT2D eigenvalue weighted by Crippen LogP contribution is -2.03. The van der Waals surface area contributed by atoms with Gasteiger partial charge < -0.3 is 15.2 Å². The van der Waals surface area contributed by atoms with Gasteiger partial charge in [-0.2, -0.15) is 0 Å². The van der Waals surface area contributed by atoms with E-state index in [-0.39, 0.29) is 18.0 Å². The van der Waals surface area contributed by atoms with Gasteiger partial charge in [0.1, 0.15) is 5.82 Å². The number of anilines is 1. The number of nitrogens with one attached hydrogen (secondary N) is 1. The van der Waals surface area contributed by atoms with Crippen molar-refractivity contribution >= 4 is 5.69 Å². The minimum Gasteiger partial charge on any atom is -0.504 e. The number of phenols is 1. The summed E-state index contributed by atoms with van der Waals surface area (Å²) in [5.41, 5.74) is 0.556. The van der Waals surface area contributed by atoms with Gasteiger partial charge in [-0.15, -0.1) is 0 Å². The fourth-order valence-corrected chi connectivity index (χ4v) is 1.79. The standard InChI is InChI=1S/C15H14F3NO2/c1-2-21-15-5-9(3-4-14(15)20)8-19-13-7-11(17)10(16)6-12(13)18/h3-7,19-20H,2,8H2,1H3. The van der Waals surface area contributed by atoms with E-state index in [0.29, 0.717) is 24.0 Å². The van der Waals surface area contributed by atoms with Gasteiger partial charge in [0, 0.05) is 18.7 Å². The van der Waals surface area contributed by atoms with Gasteiger partial charge >= 0.3 is 0 Å².